The fraction of sp³-hybridized carbons (Fsp3) is 0.412. The lowest BCUT2D eigenvalue weighted by Gasteiger charge is -2.07. The highest BCUT2D eigenvalue weighted by Crippen LogP contribution is 2.07. The maximum atomic E-state index is 5.57. The average molecular weight is 317 g/mol. The van der Waals surface area contributed by atoms with E-state index in [4.69, 9.17) is 10.5 Å². The van der Waals surface area contributed by atoms with E-state index in [1.165, 1.54) is 11.9 Å². The highest BCUT2D eigenvalue weighted by Gasteiger charge is 2.00. The Kier molecular flexibility index (Phi) is 9.91. The third kappa shape index (κ3) is 9.18. The number of hydrogen-bond acceptors (Lipinski definition) is 6. The number of nitrogens with two attached hydrogens (primary N) is 1. The minimum atomic E-state index is 0.146. The number of rotatable bonds is 5. The zero-order chi connectivity index (χ0) is 17.8. The second-order valence-electron chi connectivity index (χ2n) is 5.22. The van der Waals surface area contributed by atoms with Crippen molar-refractivity contribution in [1.29, 1.82) is 0 Å². The molecule has 0 aliphatic carbocycles. The van der Waals surface area contributed by atoms with E-state index in [1.54, 1.807) is 13.3 Å². The van der Waals surface area contributed by atoms with E-state index in [9.17, 15) is 0 Å². The molecule has 0 unspecified atom stereocenters. The van der Waals surface area contributed by atoms with Crippen molar-refractivity contribution in [3.63, 3.8) is 0 Å². The third-order valence-electron chi connectivity index (χ3n) is 2.44. The molecule has 6 nitrogen and oxygen atoms in total. The van der Waals surface area contributed by atoms with E-state index in [1.807, 2.05) is 46.8 Å². The molecule has 126 valence electrons. The molecule has 0 aliphatic heterocycles. The van der Waals surface area contributed by atoms with Crippen LogP contribution < -0.4 is 5.73 Å². The van der Waals surface area contributed by atoms with Gasteiger partial charge in [-0.15, -0.1) is 0 Å². The van der Waals surface area contributed by atoms with Crippen molar-refractivity contribution in [3.8, 4) is 0 Å². The highest BCUT2D eigenvalue weighted by atomic mass is 16.5. The van der Waals surface area contributed by atoms with Gasteiger partial charge in [0, 0.05) is 19.3 Å². The van der Waals surface area contributed by atoms with Gasteiger partial charge in [0.25, 0.3) is 0 Å². The molecule has 0 spiro atoms. The number of aryl methyl sites for hydroxylation is 1. The average Bonchev–Trinajstić information content (AvgIpc) is 2.47. The summed E-state index contributed by atoms with van der Waals surface area (Å²) < 4.78 is 5.34. The molecule has 0 aromatic carbocycles. The van der Waals surface area contributed by atoms with Gasteiger partial charge in [0.2, 0.25) is 5.88 Å². The standard InChI is InChI=1S/C10H17NO.C7H10N4/c1-8(2)6-7-10(11-5)12-9(3)4;1-5-6(3-9-2)7(8)11-4-10-5/h6-7,9H,5H2,1-4H3;3-4H,1-2H3,(H2,8,10,11)/b10-7+;. The molecular weight excluding hydrogens is 290 g/mol. The highest BCUT2D eigenvalue weighted by molar-refractivity contribution is 5.86. The third-order valence-corrected chi connectivity index (χ3v) is 2.44. The van der Waals surface area contributed by atoms with Gasteiger partial charge in [-0.3, -0.25) is 4.99 Å². The van der Waals surface area contributed by atoms with Crippen molar-refractivity contribution in [2.75, 3.05) is 12.8 Å². The SMILES string of the molecule is C=N/C(=C\C=C(C)C)OC(C)C.CN=Cc1c(C)ncnc1N. The number of ether oxygens (including phenoxy) is 1. The van der Waals surface area contributed by atoms with Gasteiger partial charge in [0.15, 0.2) is 0 Å². The largest absolute Gasteiger partial charge is 0.475 e. The van der Waals surface area contributed by atoms with Gasteiger partial charge in [-0.2, -0.15) is 0 Å². The van der Waals surface area contributed by atoms with Crippen LogP contribution in [-0.4, -0.2) is 36.1 Å². The quantitative estimate of drug-likeness (QED) is 0.512. The predicted molar refractivity (Wildman–Crippen MR) is 98.0 cm³/mol. The predicted octanol–water partition coefficient (Wildman–Crippen LogP) is 3.34. The van der Waals surface area contributed by atoms with Crippen LogP contribution in [0.15, 0.2) is 39.9 Å². The van der Waals surface area contributed by atoms with Crippen LogP contribution in [0, 0.1) is 6.92 Å². The molecule has 1 rings (SSSR count). The normalized spacial score (nSPS) is 11.0. The monoisotopic (exact) mass is 317 g/mol. The summed E-state index contributed by atoms with van der Waals surface area (Å²) in [4.78, 5) is 15.4. The van der Waals surface area contributed by atoms with Gasteiger partial charge in [0.05, 0.1) is 17.4 Å². The summed E-state index contributed by atoms with van der Waals surface area (Å²) in [5.74, 6) is 1.05. The Labute approximate surface area is 138 Å². The van der Waals surface area contributed by atoms with E-state index >= 15 is 0 Å². The first-order valence-corrected chi connectivity index (χ1v) is 7.29. The van der Waals surface area contributed by atoms with Gasteiger partial charge in [-0.25, -0.2) is 15.0 Å². The topological polar surface area (TPSA) is 85.8 Å². The minimum Gasteiger partial charge on any atom is -0.475 e. The minimum absolute atomic E-state index is 0.146. The van der Waals surface area contributed by atoms with Crippen molar-refractivity contribution in [2.24, 2.45) is 9.98 Å². The number of nitrogens with zero attached hydrogens (tertiary/aromatic N) is 4. The second kappa shape index (κ2) is 11.1. The van der Waals surface area contributed by atoms with Crippen LogP contribution in [0.3, 0.4) is 0 Å². The number of aliphatic imine (C=N–C) groups is 2. The van der Waals surface area contributed by atoms with Crippen LogP contribution in [0.5, 0.6) is 0 Å². The Balaban J connectivity index is 0.000000422. The van der Waals surface area contributed by atoms with Gasteiger partial charge in [-0.1, -0.05) is 11.6 Å². The van der Waals surface area contributed by atoms with Crippen molar-refractivity contribution in [3.05, 3.63) is 41.2 Å². The smallest absolute Gasteiger partial charge is 0.212 e. The Morgan fingerprint density at radius 2 is 1.96 bits per heavy atom. The molecular formula is C17H27N5O. The molecule has 0 amide bonds. The molecule has 2 N–H and O–H groups in total. The first-order valence-electron chi connectivity index (χ1n) is 7.29. The molecule has 0 bridgehead atoms. The van der Waals surface area contributed by atoms with Gasteiger partial charge in [0.1, 0.15) is 12.1 Å². The maximum Gasteiger partial charge on any atom is 0.212 e. The number of aromatic nitrogens is 2. The Morgan fingerprint density at radius 3 is 2.39 bits per heavy atom. The molecule has 1 heterocycles. The summed E-state index contributed by atoms with van der Waals surface area (Å²) in [6.45, 7) is 13.3. The summed E-state index contributed by atoms with van der Waals surface area (Å²) >= 11 is 0. The van der Waals surface area contributed by atoms with Crippen molar-refractivity contribution < 1.29 is 4.74 Å². The zero-order valence-electron chi connectivity index (χ0n) is 14.9. The van der Waals surface area contributed by atoms with Crippen molar-refractivity contribution in [2.45, 2.75) is 40.7 Å². The van der Waals surface area contributed by atoms with Crippen LogP contribution >= 0.6 is 0 Å². The molecule has 1 aromatic rings. The summed E-state index contributed by atoms with van der Waals surface area (Å²) in [5, 5.41) is 0. The Morgan fingerprint density at radius 1 is 1.30 bits per heavy atom. The lowest BCUT2D eigenvalue weighted by atomic mass is 10.2. The van der Waals surface area contributed by atoms with Crippen LogP contribution in [-0.2, 0) is 4.74 Å². The molecule has 6 heteroatoms. The summed E-state index contributed by atoms with van der Waals surface area (Å²) in [7, 11) is 1.69. The summed E-state index contributed by atoms with van der Waals surface area (Å²) in [6, 6.07) is 0. The van der Waals surface area contributed by atoms with E-state index in [2.05, 4.69) is 26.7 Å². The molecule has 0 saturated heterocycles. The molecule has 23 heavy (non-hydrogen) atoms. The Bertz CT molecular complexity index is 564. The van der Waals surface area contributed by atoms with Gasteiger partial charge < -0.3 is 10.5 Å². The van der Waals surface area contributed by atoms with E-state index in [0.29, 0.717) is 11.7 Å². The molecule has 1 aromatic heterocycles. The van der Waals surface area contributed by atoms with E-state index in [-0.39, 0.29) is 6.10 Å². The second-order valence-corrected chi connectivity index (χ2v) is 5.22. The lowest BCUT2D eigenvalue weighted by Crippen LogP contribution is -2.01. The maximum absolute atomic E-state index is 5.57. The van der Waals surface area contributed by atoms with Crippen molar-refractivity contribution >= 4 is 18.7 Å². The summed E-state index contributed by atoms with van der Waals surface area (Å²) in [6.07, 6.45) is 7.02. The molecule has 0 fully saturated rings. The first kappa shape index (κ1) is 20.5. The molecule has 0 radical (unpaired) electrons. The van der Waals surface area contributed by atoms with Crippen LogP contribution in [0.25, 0.3) is 0 Å². The van der Waals surface area contributed by atoms with Crippen LogP contribution in [0.1, 0.15) is 39.0 Å². The zero-order valence-corrected chi connectivity index (χ0v) is 14.9. The van der Waals surface area contributed by atoms with Gasteiger partial charge >= 0.3 is 0 Å². The molecule has 0 aliphatic rings. The molecule has 0 atom stereocenters. The number of anilines is 1. The fourth-order valence-electron chi connectivity index (χ4n) is 1.40. The van der Waals surface area contributed by atoms with Gasteiger partial charge in [-0.05, 0) is 41.3 Å². The Hall–Kier alpha value is -2.50. The summed E-state index contributed by atoms with van der Waals surface area (Å²) in [5.41, 5.74) is 8.43. The fourth-order valence-corrected chi connectivity index (χ4v) is 1.40. The van der Waals surface area contributed by atoms with Crippen LogP contribution in [0.2, 0.25) is 0 Å². The first-order chi connectivity index (χ1) is 10.8. The number of hydrogen-bond donors (Lipinski definition) is 1. The number of allylic oxidation sites excluding steroid dienone is 3. The number of nitrogen functional groups attached to an aromatic ring is 1. The molecule has 0 saturated carbocycles. The van der Waals surface area contributed by atoms with E-state index in [0.717, 1.165) is 11.3 Å². The van der Waals surface area contributed by atoms with Crippen LogP contribution in [0.4, 0.5) is 5.82 Å². The van der Waals surface area contributed by atoms with Crippen molar-refractivity contribution in [1.82, 2.24) is 9.97 Å². The van der Waals surface area contributed by atoms with E-state index < -0.39 is 0 Å². The lowest BCUT2D eigenvalue weighted by molar-refractivity contribution is 0.146.